The van der Waals surface area contributed by atoms with Gasteiger partial charge in [-0.3, -0.25) is 4.79 Å². The number of aromatic nitrogens is 1. The Morgan fingerprint density at radius 1 is 1.19 bits per heavy atom. The molecule has 21 heavy (non-hydrogen) atoms. The highest BCUT2D eigenvalue weighted by Crippen LogP contribution is 2.32. The number of nitrogens with zero attached hydrogens (tertiary/aromatic N) is 1. The summed E-state index contributed by atoms with van der Waals surface area (Å²) in [5.74, 6) is 0.395. The number of amides is 1. The molecule has 1 aromatic heterocycles. The first-order valence-electron chi connectivity index (χ1n) is 6.29. The van der Waals surface area contributed by atoms with E-state index >= 15 is 0 Å². The SMILES string of the molecule is NC(=O)c1ccc(CSc2nc3ccc(N)cc3s2)cc1. The van der Waals surface area contributed by atoms with E-state index in [1.54, 1.807) is 35.2 Å². The van der Waals surface area contributed by atoms with Crippen LogP contribution in [0.3, 0.4) is 0 Å². The summed E-state index contributed by atoms with van der Waals surface area (Å²) in [6.45, 7) is 0. The average molecular weight is 315 g/mol. The molecule has 106 valence electrons. The van der Waals surface area contributed by atoms with Crippen LogP contribution in [-0.2, 0) is 5.75 Å². The van der Waals surface area contributed by atoms with Crippen LogP contribution in [0.1, 0.15) is 15.9 Å². The summed E-state index contributed by atoms with van der Waals surface area (Å²) >= 11 is 3.31. The van der Waals surface area contributed by atoms with Crippen molar-refractivity contribution in [1.29, 1.82) is 0 Å². The smallest absolute Gasteiger partial charge is 0.248 e. The molecule has 0 atom stereocenters. The minimum Gasteiger partial charge on any atom is -0.399 e. The van der Waals surface area contributed by atoms with Gasteiger partial charge in [-0.15, -0.1) is 11.3 Å². The molecule has 0 saturated carbocycles. The Labute approximate surface area is 130 Å². The summed E-state index contributed by atoms with van der Waals surface area (Å²) in [6, 6.07) is 13.1. The molecule has 3 rings (SSSR count). The molecule has 0 spiro atoms. The normalized spacial score (nSPS) is 10.9. The van der Waals surface area contributed by atoms with Gasteiger partial charge in [0.25, 0.3) is 0 Å². The number of hydrogen-bond donors (Lipinski definition) is 2. The van der Waals surface area contributed by atoms with Crippen LogP contribution in [0.2, 0.25) is 0 Å². The standard InChI is InChI=1S/C15H13N3OS2/c16-11-5-6-12-13(7-11)21-15(18-12)20-8-9-1-3-10(4-2-9)14(17)19/h1-7H,8,16H2,(H2,17,19). The first-order chi connectivity index (χ1) is 10.1. The van der Waals surface area contributed by atoms with Gasteiger partial charge in [0.1, 0.15) is 0 Å². The average Bonchev–Trinajstić information content (AvgIpc) is 2.87. The Kier molecular flexibility index (Phi) is 3.81. The molecule has 0 fully saturated rings. The number of fused-ring (bicyclic) bond motifs is 1. The Balaban J connectivity index is 1.72. The third-order valence-electron chi connectivity index (χ3n) is 2.99. The number of thioether (sulfide) groups is 1. The minimum atomic E-state index is -0.405. The second-order valence-corrected chi connectivity index (χ2v) is 6.81. The second kappa shape index (κ2) is 5.75. The van der Waals surface area contributed by atoms with Gasteiger partial charge >= 0.3 is 0 Å². The summed E-state index contributed by atoms with van der Waals surface area (Å²) in [6.07, 6.45) is 0. The number of rotatable bonds is 4. The van der Waals surface area contributed by atoms with Crippen LogP contribution in [0, 0.1) is 0 Å². The molecule has 4 N–H and O–H groups in total. The molecule has 6 heteroatoms. The van der Waals surface area contributed by atoms with Crippen molar-refractivity contribution < 1.29 is 4.79 Å². The number of anilines is 1. The lowest BCUT2D eigenvalue weighted by Gasteiger charge is -2.00. The van der Waals surface area contributed by atoms with Crippen LogP contribution in [0.4, 0.5) is 5.69 Å². The summed E-state index contributed by atoms with van der Waals surface area (Å²) in [4.78, 5) is 15.6. The summed E-state index contributed by atoms with van der Waals surface area (Å²) in [7, 11) is 0. The highest BCUT2D eigenvalue weighted by Gasteiger charge is 2.06. The topological polar surface area (TPSA) is 82.0 Å². The van der Waals surface area contributed by atoms with Crippen LogP contribution in [0.25, 0.3) is 10.2 Å². The molecule has 2 aromatic carbocycles. The van der Waals surface area contributed by atoms with E-state index in [2.05, 4.69) is 4.98 Å². The van der Waals surface area contributed by atoms with E-state index in [9.17, 15) is 4.79 Å². The molecule has 1 heterocycles. The van der Waals surface area contributed by atoms with Crippen molar-refractivity contribution in [2.24, 2.45) is 5.73 Å². The second-order valence-electron chi connectivity index (χ2n) is 4.56. The van der Waals surface area contributed by atoms with Crippen LogP contribution in [0.15, 0.2) is 46.8 Å². The number of carbonyl (C=O) groups is 1. The lowest BCUT2D eigenvalue weighted by molar-refractivity contribution is 0.100. The van der Waals surface area contributed by atoms with E-state index < -0.39 is 5.91 Å². The van der Waals surface area contributed by atoms with Crippen molar-refractivity contribution in [3.05, 3.63) is 53.6 Å². The molecule has 0 bridgehead atoms. The summed E-state index contributed by atoms with van der Waals surface area (Å²) < 4.78 is 2.11. The van der Waals surface area contributed by atoms with Gasteiger partial charge in [0.05, 0.1) is 10.2 Å². The highest BCUT2D eigenvalue weighted by molar-refractivity contribution is 8.00. The van der Waals surface area contributed by atoms with Gasteiger partial charge in [-0.05, 0) is 35.9 Å². The third kappa shape index (κ3) is 3.17. The molecule has 0 aliphatic rings. The molecule has 0 aliphatic carbocycles. The number of primary amides is 1. The van der Waals surface area contributed by atoms with Crippen LogP contribution in [-0.4, -0.2) is 10.9 Å². The predicted octanol–water partition coefficient (Wildman–Crippen LogP) is 3.27. The largest absolute Gasteiger partial charge is 0.399 e. The fourth-order valence-corrected chi connectivity index (χ4v) is 3.96. The van der Waals surface area contributed by atoms with E-state index in [1.165, 1.54) is 0 Å². The van der Waals surface area contributed by atoms with Crippen molar-refractivity contribution in [2.45, 2.75) is 10.1 Å². The first-order valence-corrected chi connectivity index (χ1v) is 8.09. The summed E-state index contributed by atoms with van der Waals surface area (Å²) in [5.41, 5.74) is 14.4. The van der Waals surface area contributed by atoms with E-state index in [4.69, 9.17) is 11.5 Å². The molecule has 0 aliphatic heterocycles. The van der Waals surface area contributed by atoms with E-state index in [-0.39, 0.29) is 0 Å². The molecule has 4 nitrogen and oxygen atoms in total. The maximum absolute atomic E-state index is 11.0. The Hall–Kier alpha value is -2.05. The maximum atomic E-state index is 11.0. The quantitative estimate of drug-likeness (QED) is 0.572. The van der Waals surface area contributed by atoms with Gasteiger partial charge in [0.15, 0.2) is 4.34 Å². The zero-order valence-corrected chi connectivity index (χ0v) is 12.7. The summed E-state index contributed by atoms with van der Waals surface area (Å²) in [5, 5.41) is 0. The van der Waals surface area contributed by atoms with Gasteiger partial charge in [-0.1, -0.05) is 23.9 Å². The fourth-order valence-electron chi connectivity index (χ4n) is 1.89. The van der Waals surface area contributed by atoms with Crippen molar-refractivity contribution in [2.75, 3.05) is 5.73 Å². The Bertz CT molecular complexity index is 796. The lowest BCUT2D eigenvalue weighted by atomic mass is 10.1. The molecule has 3 aromatic rings. The Morgan fingerprint density at radius 2 is 1.95 bits per heavy atom. The zero-order valence-electron chi connectivity index (χ0n) is 11.1. The van der Waals surface area contributed by atoms with Crippen molar-refractivity contribution in [3.63, 3.8) is 0 Å². The zero-order chi connectivity index (χ0) is 14.8. The minimum absolute atomic E-state index is 0.405. The monoisotopic (exact) mass is 315 g/mol. The number of hydrogen-bond acceptors (Lipinski definition) is 5. The molecule has 1 amide bonds. The molecular formula is C15H13N3OS2. The van der Waals surface area contributed by atoms with Gasteiger partial charge in [0, 0.05) is 17.0 Å². The van der Waals surface area contributed by atoms with Gasteiger partial charge in [0.2, 0.25) is 5.91 Å². The van der Waals surface area contributed by atoms with Crippen molar-refractivity contribution in [3.8, 4) is 0 Å². The third-order valence-corrected chi connectivity index (χ3v) is 5.23. The van der Waals surface area contributed by atoms with Gasteiger partial charge in [-0.25, -0.2) is 4.98 Å². The molecule has 0 radical (unpaired) electrons. The van der Waals surface area contributed by atoms with Crippen LogP contribution in [0.5, 0.6) is 0 Å². The maximum Gasteiger partial charge on any atom is 0.248 e. The predicted molar refractivity (Wildman–Crippen MR) is 88.6 cm³/mol. The van der Waals surface area contributed by atoms with Gasteiger partial charge in [-0.2, -0.15) is 0 Å². The molecular weight excluding hydrogens is 302 g/mol. The van der Waals surface area contributed by atoms with Gasteiger partial charge < -0.3 is 11.5 Å². The molecule has 0 unspecified atom stereocenters. The number of nitrogen functional groups attached to an aromatic ring is 1. The lowest BCUT2D eigenvalue weighted by Crippen LogP contribution is -2.10. The molecule has 0 saturated heterocycles. The first kappa shape index (κ1) is 13.9. The Morgan fingerprint density at radius 3 is 2.67 bits per heavy atom. The fraction of sp³-hybridized carbons (Fsp3) is 0.0667. The van der Waals surface area contributed by atoms with E-state index in [1.807, 2.05) is 30.3 Å². The van der Waals surface area contributed by atoms with E-state index in [0.717, 1.165) is 31.6 Å². The number of carbonyl (C=O) groups excluding carboxylic acids is 1. The number of benzene rings is 2. The van der Waals surface area contributed by atoms with Crippen LogP contribution >= 0.6 is 23.1 Å². The van der Waals surface area contributed by atoms with Crippen LogP contribution < -0.4 is 11.5 Å². The van der Waals surface area contributed by atoms with Crippen molar-refractivity contribution in [1.82, 2.24) is 4.98 Å². The van der Waals surface area contributed by atoms with E-state index in [0.29, 0.717) is 5.56 Å². The van der Waals surface area contributed by atoms with Crippen molar-refractivity contribution >= 4 is 44.9 Å². The number of thiazole rings is 1. The highest BCUT2D eigenvalue weighted by atomic mass is 32.2. The number of nitrogens with two attached hydrogens (primary N) is 2.